The molecule has 3 aromatic rings. The predicted octanol–water partition coefficient (Wildman–Crippen LogP) is 5.25. The highest BCUT2D eigenvalue weighted by Crippen LogP contribution is 2.32. The zero-order valence-corrected chi connectivity index (χ0v) is 22.6. The monoisotopic (exact) mass is 572 g/mol. The van der Waals surface area contributed by atoms with Crippen LogP contribution in [0.5, 0.6) is 11.5 Å². The minimum Gasteiger partial charge on any atom is -0.497 e. The van der Waals surface area contributed by atoms with Crippen LogP contribution in [0.4, 0.5) is 5.69 Å². The molecule has 1 aliphatic carbocycles. The van der Waals surface area contributed by atoms with Gasteiger partial charge in [0.1, 0.15) is 18.0 Å². The number of carbonyl (C=O) groups is 1. The van der Waals surface area contributed by atoms with E-state index < -0.39 is 10.0 Å². The molecule has 1 aliphatic rings. The lowest BCUT2D eigenvalue weighted by Gasteiger charge is -2.29. The van der Waals surface area contributed by atoms with E-state index in [4.69, 9.17) is 9.47 Å². The predicted molar refractivity (Wildman–Crippen MR) is 143 cm³/mol. The Hall–Kier alpha value is -3.04. The molecular weight excluding hydrogens is 544 g/mol. The molecule has 1 atom stereocenters. The highest BCUT2D eigenvalue weighted by atomic mass is 79.9. The summed E-state index contributed by atoms with van der Waals surface area (Å²) >= 11 is 3.34. The number of aryl methyl sites for hydroxylation is 1. The summed E-state index contributed by atoms with van der Waals surface area (Å²) in [6.07, 6.45) is 2.62. The van der Waals surface area contributed by atoms with Crippen LogP contribution in [0.3, 0.4) is 0 Å². The Labute approximate surface area is 220 Å². The molecule has 1 amide bonds. The molecule has 9 heteroatoms. The molecule has 1 N–H and O–H groups in total. The number of rotatable bonds is 9. The molecule has 4 rings (SSSR count). The summed E-state index contributed by atoms with van der Waals surface area (Å²) in [4.78, 5) is 13.4. The van der Waals surface area contributed by atoms with Gasteiger partial charge in [0, 0.05) is 4.47 Å². The number of ether oxygens (including phenoxy) is 2. The number of methoxy groups -OCH3 is 1. The summed E-state index contributed by atoms with van der Waals surface area (Å²) in [7, 11) is -2.38. The van der Waals surface area contributed by atoms with Gasteiger partial charge < -0.3 is 14.8 Å². The smallest absolute Gasteiger partial charge is 0.264 e. The molecule has 7 nitrogen and oxygen atoms in total. The molecule has 0 saturated carbocycles. The fourth-order valence-electron chi connectivity index (χ4n) is 4.36. The normalized spacial score (nSPS) is 15.0. The number of nitrogens with one attached hydrogen (secondary N) is 1. The average Bonchev–Trinajstić information content (AvgIpc) is 2.88. The van der Waals surface area contributed by atoms with Crippen LogP contribution in [0.1, 0.15) is 36.9 Å². The van der Waals surface area contributed by atoms with Crippen molar-refractivity contribution in [2.45, 2.75) is 37.1 Å². The van der Waals surface area contributed by atoms with Gasteiger partial charge >= 0.3 is 0 Å². The van der Waals surface area contributed by atoms with Crippen LogP contribution in [0.2, 0.25) is 0 Å². The van der Waals surface area contributed by atoms with Crippen molar-refractivity contribution in [3.05, 3.63) is 82.3 Å². The topological polar surface area (TPSA) is 84.9 Å². The van der Waals surface area contributed by atoms with E-state index in [1.54, 1.807) is 43.5 Å². The van der Waals surface area contributed by atoms with Crippen molar-refractivity contribution < 1.29 is 22.7 Å². The third-order valence-corrected chi connectivity index (χ3v) is 8.44. The summed E-state index contributed by atoms with van der Waals surface area (Å²) in [5, 5.41) is 3.06. The minimum atomic E-state index is -4.01. The van der Waals surface area contributed by atoms with E-state index in [9.17, 15) is 13.2 Å². The van der Waals surface area contributed by atoms with Crippen LogP contribution < -0.4 is 19.1 Å². The number of hydrogen-bond donors (Lipinski definition) is 1. The second-order valence-electron chi connectivity index (χ2n) is 8.47. The Bertz CT molecular complexity index is 1310. The molecule has 0 saturated heterocycles. The SMILES string of the molecule is CCOc1ccc(N(CC(=O)NC2CCCc3cc(OC)ccc32)S(=O)(=O)c2ccc(Br)cc2)cc1. The molecule has 190 valence electrons. The van der Waals surface area contributed by atoms with Crippen LogP contribution in [0.15, 0.2) is 76.1 Å². The Balaban J connectivity index is 1.61. The first kappa shape index (κ1) is 26.0. The van der Waals surface area contributed by atoms with Crippen molar-refractivity contribution in [2.75, 3.05) is 24.6 Å². The molecule has 0 aromatic heterocycles. The molecule has 0 radical (unpaired) electrons. The molecule has 1 unspecified atom stereocenters. The van der Waals surface area contributed by atoms with Gasteiger partial charge in [-0.05, 0) is 98.0 Å². The lowest BCUT2D eigenvalue weighted by Crippen LogP contribution is -2.42. The summed E-state index contributed by atoms with van der Waals surface area (Å²) in [6, 6.07) is 18.7. The van der Waals surface area contributed by atoms with E-state index in [1.807, 2.05) is 25.1 Å². The van der Waals surface area contributed by atoms with Crippen molar-refractivity contribution in [1.29, 1.82) is 0 Å². The number of carbonyl (C=O) groups excluding carboxylic acids is 1. The largest absolute Gasteiger partial charge is 0.497 e. The minimum absolute atomic E-state index is 0.0995. The number of amides is 1. The zero-order chi connectivity index (χ0) is 25.7. The zero-order valence-electron chi connectivity index (χ0n) is 20.2. The van der Waals surface area contributed by atoms with E-state index in [-0.39, 0.29) is 23.4 Å². The van der Waals surface area contributed by atoms with Crippen LogP contribution in [0, 0.1) is 0 Å². The second kappa shape index (κ2) is 11.3. The molecule has 3 aromatic carbocycles. The average molecular weight is 574 g/mol. The number of nitrogens with zero attached hydrogens (tertiary/aromatic N) is 1. The molecule has 0 bridgehead atoms. The number of fused-ring (bicyclic) bond motifs is 1. The van der Waals surface area contributed by atoms with Gasteiger partial charge in [-0.3, -0.25) is 9.10 Å². The number of anilines is 1. The Morgan fingerprint density at radius 3 is 2.42 bits per heavy atom. The summed E-state index contributed by atoms with van der Waals surface area (Å²) < 4.78 is 40.0. The van der Waals surface area contributed by atoms with Crippen LogP contribution in [0.25, 0.3) is 0 Å². The Morgan fingerprint density at radius 2 is 1.75 bits per heavy atom. The molecule has 36 heavy (non-hydrogen) atoms. The van der Waals surface area contributed by atoms with Crippen molar-refractivity contribution in [3.63, 3.8) is 0 Å². The maximum atomic E-state index is 13.6. The van der Waals surface area contributed by atoms with Gasteiger partial charge in [-0.1, -0.05) is 22.0 Å². The first-order valence-electron chi connectivity index (χ1n) is 11.8. The van der Waals surface area contributed by atoms with Crippen LogP contribution in [-0.2, 0) is 21.2 Å². The summed E-state index contributed by atoms with van der Waals surface area (Å²) in [6.45, 7) is 2.02. The lowest BCUT2D eigenvalue weighted by molar-refractivity contribution is -0.120. The van der Waals surface area contributed by atoms with Gasteiger partial charge in [-0.2, -0.15) is 0 Å². The Kier molecular flexibility index (Phi) is 8.21. The van der Waals surface area contributed by atoms with Gasteiger partial charge in [0.2, 0.25) is 5.91 Å². The van der Waals surface area contributed by atoms with Gasteiger partial charge in [-0.15, -0.1) is 0 Å². The highest BCUT2D eigenvalue weighted by Gasteiger charge is 2.29. The number of sulfonamides is 1. The quantitative estimate of drug-likeness (QED) is 0.378. The van der Waals surface area contributed by atoms with Gasteiger partial charge in [0.05, 0.1) is 30.3 Å². The van der Waals surface area contributed by atoms with Crippen molar-refractivity contribution in [3.8, 4) is 11.5 Å². The number of halogens is 1. The van der Waals surface area contributed by atoms with Gasteiger partial charge in [0.15, 0.2) is 0 Å². The number of hydrogen-bond acceptors (Lipinski definition) is 5. The first-order chi connectivity index (χ1) is 17.3. The van der Waals surface area contributed by atoms with E-state index in [1.165, 1.54) is 12.1 Å². The van der Waals surface area contributed by atoms with Crippen molar-refractivity contribution in [1.82, 2.24) is 5.32 Å². The maximum Gasteiger partial charge on any atom is 0.264 e. The van der Waals surface area contributed by atoms with Crippen molar-refractivity contribution >= 4 is 37.5 Å². The molecule has 0 fully saturated rings. The van der Waals surface area contributed by atoms with Gasteiger partial charge in [0.25, 0.3) is 10.0 Å². The highest BCUT2D eigenvalue weighted by molar-refractivity contribution is 9.10. The molecule has 0 heterocycles. The molecular formula is C27H29BrN2O5S. The maximum absolute atomic E-state index is 13.6. The summed E-state index contributed by atoms with van der Waals surface area (Å²) in [5.74, 6) is 1.03. The van der Waals surface area contributed by atoms with E-state index in [2.05, 4.69) is 21.2 Å². The standard InChI is InChI=1S/C27H29BrN2O5S/c1-3-35-22-11-9-21(10-12-22)30(36(32,33)24-14-7-20(28)8-15-24)18-27(31)29-26-6-4-5-19-17-23(34-2)13-16-25(19)26/h7-17,26H,3-6,18H2,1-2H3,(H,29,31). The third-order valence-electron chi connectivity index (χ3n) is 6.12. The van der Waals surface area contributed by atoms with E-state index in [0.717, 1.165) is 44.9 Å². The lowest BCUT2D eigenvalue weighted by atomic mass is 9.87. The van der Waals surface area contributed by atoms with Gasteiger partial charge in [-0.25, -0.2) is 8.42 Å². The fourth-order valence-corrected chi connectivity index (χ4v) is 6.05. The third kappa shape index (κ3) is 5.84. The van der Waals surface area contributed by atoms with Crippen molar-refractivity contribution in [2.24, 2.45) is 0 Å². The Morgan fingerprint density at radius 1 is 1.06 bits per heavy atom. The second-order valence-corrected chi connectivity index (χ2v) is 11.2. The molecule has 0 aliphatic heterocycles. The van der Waals surface area contributed by atoms with E-state index in [0.29, 0.717) is 18.0 Å². The van der Waals surface area contributed by atoms with Crippen LogP contribution >= 0.6 is 15.9 Å². The number of benzene rings is 3. The first-order valence-corrected chi connectivity index (χ1v) is 14.0. The molecule has 0 spiro atoms. The summed E-state index contributed by atoms with van der Waals surface area (Å²) in [5.41, 5.74) is 2.56. The van der Waals surface area contributed by atoms with Crippen LogP contribution in [-0.4, -0.2) is 34.6 Å². The van der Waals surface area contributed by atoms with E-state index >= 15 is 0 Å². The fraction of sp³-hybridized carbons (Fsp3) is 0.296.